The van der Waals surface area contributed by atoms with Crippen molar-refractivity contribution in [3.05, 3.63) is 39.9 Å². The van der Waals surface area contributed by atoms with Crippen molar-refractivity contribution in [1.29, 1.82) is 0 Å². The third-order valence-electron chi connectivity index (χ3n) is 5.80. The molecule has 31 heavy (non-hydrogen) atoms. The van der Waals surface area contributed by atoms with E-state index < -0.39 is 16.6 Å². The summed E-state index contributed by atoms with van der Waals surface area (Å²) in [5.41, 5.74) is 0.385. The van der Waals surface area contributed by atoms with E-state index in [-0.39, 0.29) is 17.6 Å². The molecule has 1 unspecified atom stereocenters. The van der Waals surface area contributed by atoms with Crippen LogP contribution < -0.4 is 5.32 Å². The molecule has 0 radical (unpaired) electrons. The normalized spacial score (nSPS) is 16.8. The summed E-state index contributed by atoms with van der Waals surface area (Å²) in [6, 6.07) is 6.13. The fraction of sp³-hybridized carbons (Fsp3) is 0.652. The summed E-state index contributed by atoms with van der Waals surface area (Å²) >= 11 is 5.82. The van der Waals surface area contributed by atoms with Gasteiger partial charge in [0, 0.05) is 25.7 Å². The quantitative estimate of drug-likeness (QED) is 0.338. The van der Waals surface area contributed by atoms with Crippen LogP contribution in [-0.4, -0.2) is 39.6 Å². The first-order chi connectivity index (χ1) is 14.5. The molecule has 0 aliphatic heterocycles. The number of nitrogens with zero attached hydrogens (tertiary/aromatic N) is 2. The monoisotopic (exact) mass is 449 g/mol. The maximum atomic E-state index is 12.6. The Kier molecular flexibility index (Phi) is 8.79. The van der Waals surface area contributed by atoms with Crippen LogP contribution in [-0.2, 0) is 11.3 Å². The number of likely N-dealkylation sites (N-methyl/N-ethyl adjacent to an activating group) is 1. The van der Waals surface area contributed by atoms with Crippen LogP contribution in [0.15, 0.2) is 24.3 Å². The molecule has 8 heteroatoms. The lowest BCUT2D eigenvalue weighted by atomic mass is 9.77. The number of non-ortho nitro benzene ring substituents is 1. The predicted octanol–water partition coefficient (Wildman–Crippen LogP) is 5.46. The summed E-state index contributed by atoms with van der Waals surface area (Å²) in [6.07, 6.45) is 5.49. The van der Waals surface area contributed by atoms with E-state index >= 15 is 0 Å². The number of carbonyl (C=O) groups excluding carboxylic acids is 1. The zero-order chi connectivity index (χ0) is 23.2. The zero-order valence-electron chi connectivity index (χ0n) is 19.2. The first-order valence-electron chi connectivity index (χ1n) is 11.0. The van der Waals surface area contributed by atoms with Gasteiger partial charge in [-0.25, -0.2) is 4.79 Å². The standard InChI is InChI=1S/C23H35N3O4S/c1-16(18-9-7-6-8-10-18)20(24-22(27)30-23(2,3)4)21(31)25(5)15-17-11-13-19(14-12-17)26(28)29/h11-14,16,18,20H,6-10,15H2,1-5H3,(H,24,27)/t16?,20-/m1/s1. The van der Waals surface area contributed by atoms with E-state index in [1.54, 1.807) is 12.1 Å². The number of ether oxygens (including phenoxy) is 1. The minimum absolute atomic E-state index is 0.0596. The van der Waals surface area contributed by atoms with E-state index in [1.807, 2.05) is 32.7 Å². The second-order valence-corrected chi connectivity index (χ2v) is 9.92. The molecule has 172 valence electrons. The molecule has 1 fully saturated rings. The van der Waals surface area contributed by atoms with E-state index in [9.17, 15) is 14.9 Å². The maximum Gasteiger partial charge on any atom is 0.408 e. The molecule has 0 heterocycles. The largest absolute Gasteiger partial charge is 0.444 e. The van der Waals surface area contributed by atoms with Crippen molar-refractivity contribution >= 4 is 29.0 Å². The highest BCUT2D eigenvalue weighted by molar-refractivity contribution is 7.80. The van der Waals surface area contributed by atoms with Gasteiger partial charge in [0.1, 0.15) is 10.6 Å². The van der Waals surface area contributed by atoms with Crippen molar-refractivity contribution in [2.75, 3.05) is 7.05 Å². The van der Waals surface area contributed by atoms with Gasteiger partial charge in [0.25, 0.3) is 5.69 Å². The van der Waals surface area contributed by atoms with Crippen molar-refractivity contribution in [3.63, 3.8) is 0 Å². The molecule has 1 aliphatic rings. The Bertz CT molecular complexity index is 770. The Morgan fingerprint density at radius 2 is 1.84 bits per heavy atom. The van der Waals surface area contributed by atoms with Crippen molar-refractivity contribution in [3.8, 4) is 0 Å². The van der Waals surface area contributed by atoms with E-state index in [1.165, 1.54) is 31.4 Å². The minimum Gasteiger partial charge on any atom is -0.444 e. The fourth-order valence-electron chi connectivity index (χ4n) is 4.10. The number of carbonyl (C=O) groups is 1. The smallest absolute Gasteiger partial charge is 0.408 e. The Morgan fingerprint density at radius 3 is 2.35 bits per heavy atom. The summed E-state index contributed by atoms with van der Waals surface area (Å²) in [5, 5.41) is 13.9. The number of hydrogen-bond donors (Lipinski definition) is 1. The van der Waals surface area contributed by atoms with Gasteiger partial charge in [-0.15, -0.1) is 0 Å². The SMILES string of the molecule is CC(C1CCCCC1)[C@@H](NC(=O)OC(C)(C)C)C(=S)N(C)Cc1ccc([N+](=O)[O-])cc1. The average Bonchev–Trinajstić information content (AvgIpc) is 2.70. The van der Waals surface area contributed by atoms with Crippen molar-refractivity contribution < 1.29 is 14.5 Å². The van der Waals surface area contributed by atoms with Crippen LogP contribution in [0.2, 0.25) is 0 Å². The fourth-order valence-corrected chi connectivity index (χ4v) is 4.44. The summed E-state index contributed by atoms with van der Waals surface area (Å²) in [5.74, 6) is 0.680. The van der Waals surface area contributed by atoms with Crippen LogP contribution in [0, 0.1) is 22.0 Å². The van der Waals surface area contributed by atoms with E-state index in [4.69, 9.17) is 17.0 Å². The van der Waals surface area contributed by atoms with Gasteiger partial charge in [-0.05, 0) is 38.2 Å². The summed E-state index contributed by atoms with van der Waals surface area (Å²) in [4.78, 5) is 25.6. The van der Waals surface area contributed by atoms with Crippen LogP contribution >= 0.6 is 12.2 Å². The lowest BCUT2D eigenvalue weighted by molar-refractivity contribution is -0.384. The molecule has 1 N–H and O–H groups in total. The Labute approximate surface area is 190 Å². The molecule has 0 aromatic heterocycles. The number of alkyl carbamates (subject to hydrolysis) is 1. The van der Waals surface area contributed by atoms with E-state index in [0.717, 1.165) is 18.4 Å². The minimum atomic E-state index is -0.588. The van der Waals surface area contributed by atoms with Gasteiger partial charge in [0.15, 0.2) is 0 Å². The van der Waals surface area contributed by atoms with Crippen LogP contribution in [0.25, 0.3) is 0 Å². The topological polar surface area (TPSA) is 84.7 Å². The Morgan fingerprint density at radius 1 is 1.26 bits per heavy atom. The maximum absolute atomic E-state index is 12.6. The van der Waals surface area contributed by atoms with Gasteiger partial charge in [0.05, 0.1) is 11.0 Å². The van der Waals surface area contributed by atoms with Crippen molar-refractivity contribution in [2.24, 2.45) is 11.8 Å². The lowest BCUT2D eigenvalue weighted by Crippen LogP contribution is -2.52. The highest BCUT2D eigenvalue weighted by Crippen LogP contribution is 2.32. The molecule has 1 amide bonds. The van der Waals surface area contributed by atoms with E-state index in [2.05, 4.69) is 12.2 Å². The van der Waals surface area contributed by atoms with Crippen LogP contribution in [0.4, 0.5) is 10.5 Å². The Balaban J connectivity index is 2.14. The molecule has 2 rings (SSSR count). The number of hydrogen-bond acceptors (Lipinski definition) is 5. The number of rotatable bonds is 7. The van der Waals surface area contributed by atoms with Gasteiger partial charge < -0.3 is 15.0 Å². The number of amides is 1. The number of nitrogens with one attached hydrogen (secondary N) is 1. The van der Waals surface area contributed by atoms with Crippen molar-refractivity contribution in [2.45, 2.75) is 78.0 Å². The molecule has 1 aliphatic carbocycles. The highest BCUT2D eigenvalue weighted by atomic mass is 32.1. The van der Waals surface area contributed by atoms with Gasteiger partial charge >= 0.3 is 6.09 Å². The Hall–Kier alpha value is -2.22. The lowest BCUT2D eigenvalue weighted by Gasteiger charge is -2.37. The molecule has 0 spiro atoms. The first-order valence-corrected chi connectivity index (χ1v) is 11.4. The molecular formula is C23H35N3O4S. The van der Waals surface area contributed by atoms with Gasteiger partial charge in [-0.3, -0.25) is 10.1 Å². The predicted molar refractivity (Wildman–Crippen MR) is 126 cm³/mol. The third kappa shape index (κ3) is 7.76. The third-order valence-corrected chi connectivity index (χ3v) is 6.37. The molecule has 7 nitrogen and oxygen atoms in total. The van der Waals surface area contributed by atoms with Gasteiger partial charge in [-0.1, -0.05) is 63.4 Å². The van der Waals surface area contributed by atoms with Crippen LogP contribution in [0.3, 0.4) is 0 Å². The second-order valence-electron chi connectivity index (χ2n) is 9.50. The molecule has 1 aromatic rings. The molecule has 2 atom stereocenters. The molecule has 0 bridgehead atoms. The van der Waals surface area contributed by atoms with Crippen molar-refractivity contribution in [1.82, 2.24) is 10.2 Å². The van der Waals surface area contributed by atoms with Crippen LogP contribution in [0.1, 0.15) is 65.4 Å². The van der Waals surface area contributed by atoms with Gasteiger partial charge in [-0.2, -0.15) is 0 Å². The zero-order valence-corrected chi connectivity index (χ0v) is 20.0. The summed E-state index contributed by atoms with van der Waals surface area (Å²) < 4.78 is 5.50. The number of thiocarbonyl (C=S) groups is 1. The molecule has 0 saturated heterocycles. The number of benzene rings is 1. The summed E-state index contributed by atoms with van der Waals surface area (Å²) in [7, 11) is 1.89. The first kappa shape index (κ1) is 25.0. The average molecular weight is 450 g/mol. The molecular weight excluding hydrogens is 414 g/mol. The molecule has 1 aromatic carbocycles. The summed E-state index contributed by atoms with van der Waals surface area (Å²) in [6.45, 7) is 8.17. The van der Waals surface area contributed by atoms with E-state index in [0.29, 0.717) is 17.5 Å². The second kappa shape index (κ2) is 10.9. The molecule has 1 saturated carbocycles. The number of nitro groups is 1. The van der Waals surface area contributed by atoms with Crippen LogP contribution in [0.5, 0.6) is 0 Å². The van der Waals surface area contributed by atoms with Gasteiger partial charge in [0.2, 0.25) is 0 Å². The highest BCUT2D eigenvalue weighted by Gasteiger charge is 2.33. The number of nitro benzene ring substituents is 1.